The smallest absolute Gasteiger partial charge is 0.228 e. The Bertz CT molecular complexity index is 523. The van der Waals surface area contributed by atoms with Gasteiger partial charge >= 0.3 is 0 Å². The Morgan fingerprint density at radius 3 is 2.75 bits per heavy atom. The molecule has 1 aliphatic heterocycles. The van der Waals surface area contributed by atoms with Crippen LogP contribution in [0.5, 0.6) is 0 Å². The maximum Gasteiger partial charge on any atom is 0.228 e. The first-order chi connectivity index (χ1) is 11.6. The van der Waals surface area contributed by atoms with Gasteiger partial charge in [0.15, 0.2) is 11.8 Å². The van der Waals surface area contributed by atoms with Crippen LogP contribution in [-0.4, -0.2) is 71.7 Å². The van der Waals surface area contributed by atoms with Crippen molar-refractivity contribution in [3.8, 4) is 0 Å². The third-order valence-corrected chi connectivity index (χ3v) is 4.63. The molecule has 7 nitrogen and oxygen atoms in total. The Morgan fingerprint density at radius 2 is 2.17 bits per heavy atom. The zero-order chi connectivity index (χ0) is 17.5. The van der Waals surface area contributed by atoms with Crippen molar-refractivity contribution >= 4 is 5.96 Å². The second-order valence-electron chi connectivity index (χ2n) is 6.53. The summed E-state index contributed by atoms with van der Waals surface area (Å²) in [7, 11) is 1.84. The molecule has 0 aliphatic carbocycles. The summed E-state index contributed by atoms with van der Waals surface area (Å²) in [5.41, 5.74) is 0. The first kappa shape index (κ1) is 18.7. The summed E-state index contributed by atoms with van der Waals surface area (Å²) in [6, 6.07) is 0.628. The van der Waals surface area contributed by atoms with E-state index >= 15 is 0 Å². The monoisotopic (exact) mass is 336 g/mol. The molecule has 0 saturated carbocycles. The van der Waals surface area contributed by atoms with Crippen molar-refractivity contribution in [1.29, 1.82) is 0 Å². The van der Waals surface area contributed by atoms with Crippen LogP contribution in [0.1, 0.15) is 51.7 Å². The molecule has 0 bridgehead atoms. The van der Waals surface area contributed by atoms with Crippen molar-refractivity contribution in [3.05, 3.63) is 11.7 Å². The highest BCUT2D eigenvalue weighted by Gasteiger charge is 2.27. The van der Waals surface area contributed by atoms with Crippen molar-refractivity contribution in [2.45, 2.75) is 52.5 Å². The molecule has 0 spiro atoms. The van der Waals surface area contributed by atoms with Crippen LogP contribution in [0.4, 0.5) is 0 Å². The molecule has 1 saturated heterocycles. The van der Waals surface area contributed by atoms with Crippen LogP contribution in [0.2, 0.25) is 0 Å². The van der Waals surface area contributed by atoms with E-state index in [4.69, 9.17) is 4.52 Å². The van der Waals surface area contributed by atoms with Gasteiger partial charge in [-0.1, -0.05) is 32.9 Å². The lowest BCUT2D eigenvalue weighted by molar-refractivity contribution is 0.223. The summed E-state index contributed by atoms with van der Waals surface area (Å²) in [5.74, 6) is 2.72. The van der Waals surface area contributed by atoms with E-state index in [0.29, 0.717) is 24.3 Å². The molecule has 0 radical (unpaired) electrons. The summed E-state index contributed by atoms with van der Waals surface area (Å²) in [4.78, 5) is 13.7. The zero-order valence-electron chi connectivity index (χ0n) is 15.7. The van der Waals surface area contributed by atoms with E-state index in [9.17, 15) is 0 Å². The Morgan fingerprint density at radius 1 is 1.42 bits per heavy atom. The number of hydrogen-bond donors (Lipinski definition) is 1. The Hall–Kier alpha value is -1.63. The third-order valence-electron chi connectivity index (χ3n) is 4.63. The van der Waals surface area contributed by atoms with Crippen molar-refractivity contribution in [3.63, 3.8) is 0 Å². The van der Waals surface area contributed by atoms with Crippen LogP contribution in [-0.2, 0) is 6.42 Å². The summed E-state index contributed by atoms with van der Waals surface area (Å²) >= 11 is 0. The second-order valence-corrected chi connectivity index (χ2v) is 6.53. The minimum Gasteiger partial charge on any atom is -0.356 e. The van der Waals surface area contributed by atoms with Crippen LogP contribution in [0, 0.1) is 0 Å². The van der Waals surface area contributed by atoms with Crippen molar-refractivity contribution < 1.29 is 4.52 Å². The fourth-order valence-corrected chi connectivity index (χ4v) is 3.19. The molecule has 1 fully saturated rings. The van der Waals surface area contributed by atoms with Gasteiger partial charge in [-0.25, -0.2) is 0 Å². The topological polar surface area (TPSA) is 69.8 Å². The Kier molecular flexibility index (Phi) is 7.02. The first-order valence-electron chi connectivity index (χ1n) is 9.11. The summed E-state index contributed by atoms with van der Waals surface area (Å²) < 4.78 is 5.28. The lowest BCUT2D eigenvalue weighted by Crippen LogP contribution is -2.43. The van der Waals surface area contributed by atoms with Crippen molar-refractivity contribution in [2.75, 3.05) is 39.8 Å². The van der Waals surface area contributed by atoms with E-state index in [0.717, 1.165) is 44.5 Å². The number of hydrogen-bond acceptors (Lipinski definition) is 5. The van der Waals surface area contributed by atoms with Crippen LogP contribution in [0.25, 0.3) is 0 Å². The van der Waals surface area contributed by atoms with Crippen LogP contribution in [0.3, 0.4) is 0 Å². The maximum absolute atomic E-state index is 5.28. The molecule has 1 N–H and O–H groups in total. The zero-order valence-corrected chi connectivity index (χ0v) is 15.7. The van der Waals surface area contributed by atoms with Gasteiger partial charge in [0.05, 0.1) is 0 Å². The first-order valence-corrected chi connectivity index (χ1v) is 9.11. The number of rotatable bonds is 7. The van der Waals surface area contributed by atoms with E-state index in [2.05, 4.69) is 57.9 Å². The molecule has 1 aliphatic rings. The minimum absolute atomic E-state index is 0.296. The summed E-state index contributed by atoms with van der Waals surface area (Å²) in [5, 5.41) is 7.42. The Balaban J connectivity index is 1.80. The van der Waals surface area contributed by atoms with Crippen molar-refractivity contribution in [2.24, 2.45) is 4.99 Å². The predicted octanol–water partition coefficient (Wildman–Crippen LogP) is 1.73. The van der Waals surface area contributed by atoms with E-state index in [1.165, 1.54) is 6.42 Å². The van der Waals surface area contributed by atoms with Crippen LogP contribution < -0.4 is 5.32 Å². The highest BCUT2D eigenvalue weighted by Crippen LogP contribution is 2.15. The van der Waals surface area contributed by atoms with Gasteiger partial charge in [0.25, 0.3) is 0 Å². The molecule has 1 unspecified atom stereocenters. The molecule has 136 valence electrons. The molecular weight excluding hydrogens is 304 g/mol. The Labute approximate surface area is 145 Å². The third kappa shape index (κ3) is 4.69. The van der Waals surface area contributed by atoms with E-state index < -0.39 is 0 Å². The average molecular weight is 336 g/mol. The summed E-state index contributed by atoms with van der Waals surface area (Å²) in [6.07, 6.45) is 1.91. The molecule has 1 aromatic rings. The van der Waals surface area contributed by atoms with E-state index in [1.54, 1.807) is 0 Å². The van der Waals surface area contributed by atoms with Crippen molar-refractivity contribution in [1.82, 2.24) is 25.3 Å². The number of likely N-dealkylation sites (tertiary alicyclic amines) is 1. The fraction of sp³-hybridized carbons (Fsp3) is 0.824. The van der Waals surface area contributed by atoms with Gasteiger partial charge in [0, 0.05) is 45.1 Å². The molecule has 24 heavy (non-hydrogen) atoms. The van der Waals surface area contributed by atoms with Gasteiger partial charge in [-0.2, -0.15) is 4.98 Å². The molecule has 2 heterocycles. The highest BCUT2D eigenvalue weighted by atomic mass is 16.5. The van der Waals surface area contributed by atoms with E-state index in [-0.39, 0.29) is 0 Å². The van der Waals surface area contributed by atoms with Gasteiger partial charge in [-0.05, 0) is 19.5 Å². The quantitative estimate of drug-likeness (QED) is 0.604. The standard InChI is InChI=1S/C17H32N6O/c1-6-22(7-2)14-9-11-23(12-14)17(18-5)19-10-8-15-20-16(13(3)4)21-24-15/h13-14H,6-12H2,1-5H3,(H,18,19). The molecule has 1 atom stereocenters. The second kappa shape index (κ2) is 9.01. The highest BCUT2D eigenvalue weighted by molar-refractivity contribution is 5.80. The molecule has 2 rings (SSSR count). The number of nitrogens with one attached hydrogen (secondary N) is 1. The molecule has 0 aromatic carbocycles. The average Bonchev–Trinajstić information content (AvgIpc) is 3.22. The molecule has 1 aromatic heterocycles. The fourth-order valence-electron chi connectivity index (χ4n) is 3.19. The van der Waals surface area contributed by atoms with E-state index in [1.807, 2.05) is 7.05 Å². The lowest BCUT2D eigenvalue weighted by atomic mass is 10.2. The van der Waals surface area contributed by atoms with Crippen LogP contribution >= 0.6 is 0 Å². The number of nitrogens with zero attached hydrogens (tertiary/aromatic N) is 5. The lowest BCUT2D eigenvalue weighted by Gasteiger charge is -2.27. The molecule has 0 amide bonds. The van der Waals surface area contributed by atoms with Gasteiger partial charge in [-0.15, -0.1) is 0 Å². The molecular formula is C17H32N6O. The largest absolute Gasteiger partial charge is 0.356 e. The minimum atomic E-state index is 0.296. The number of aromatic nitrogens is 2. The maximum atomic E-state index is 5.28. The predicted molar refractivity (Wildman–Crippen MR) is 96.4 cm³/mol. The number of likely N-dealkylation sites (N-methyl/N-ethyl adjacent to an activating group) is 1. The van der Waals surface area contributed by atoms with Gasteiger partial charge in [0.2, 0.25) is 5.89 Å². The SMILES string of the molecule is CCN(CC)C1CCN(C(=NC)NCCc2nc(C(C)C)no2)C1. The number of guanidine groups is 1. The summed E-state index contributed by atoms with van der Waals surface area (Å²) in [6.45, 7) is 13.6. The van der Waals surface area contributed by atoms with Gasteiger partial charge in [-0.3, -0.25) is 9.89 Å². The molecule has 7 heteroatoms. The van der Waals surface area contributed by atoms with Gasteiger partial charge in [0.1, 0.15) is 0 Å². The van der Waals surface area contributed by atoms with Crippen LogP contribution in [0.15, 0.2) is 9.52 Å². The van der Waals surface area contributed by atoms with Gasteiger partial charge < -0.3 is 14.7 Å². The number of aliphatic imine (C=N–C) groups is 1. The normalized spacial score (nSPS) is 18.9.